The van der Waals surface area contributed by atoms with E-state index in [1.54, 1.807) is 28.1 Å². The maximum atomic E-state index is 14.0. The van der Waals surface area contributed by atoms with Crippen LogP contribution in [0.15, 0.2) is 61.1 Å². The Morgan fingerprint density at radius 1 is 1.09 bits per heavy atom. The van der Waals surface area contributed by atoms with Gasteiger partial charge in [-0.15, -0.1) is 0 Å². The van der Waals surface area contributed by atoms with Crippen LogP contribution in [0.5, 0.6) is 5.75 Å². The van der Waals surface area contributed by atoms with Gasteiger partial charge in [0.25, 0.3) is 0 Å². The van der Waals surface area contributed by atoms with Crippen molar-refractivity contribution in [3.8, 4) is 16.9 Å². The average molecular weight is 586 g/mol. The molecule has 2 aliphatic rings. The standard InChI is InChI=1S/C32H32FN5O5/c1-20(2)18-43-32(41)38-19-35-30-28(38)14-23(16-34-30)21-6-7-29-24(12-21)17-36(10-11-42-29)31(40)37-9-8-26(39)15-27(37)22-4-3-5-25(33)13-22/h3-7,12-14,16,19-20,27H,8-11,15,17-18H2,1-2H3. The summed E-state index contributed by atoms with van der Waals surface area (Å²) in [6.07, 6.45) is 2.99. The average Bonchev–Trinajstić information content (AvgIpc) is 3.31. The predicted molar refractivity (Wildman–Crippen MR) is 156 cm³/mol. The van der Waals surface area contributed by atoms with Crippen LogP contribution in [0.2, 0.25) is 0 Å². The number of fused-ring (bicyclic) bond motifs is 2. The highest BCUT2D eigenvalue weighted by Crippen LogP contribution is 2.34. The second kappa shape index (κ2) is 11.8. The largest absolute Gasteiger partial charge is 0.491 e. The van der Waals surface area contributed by atoms with Crippen molar-refractivity contribution in [1.29, 1.82) is 0 Å². The number of nitrogens with zero attached hydrogens (tertiary/aromatic N) is 5. The number of carbonyl (C=O) groups excluding carboxylic acids is 3. The number of carbonyl (C=O) groups is 3. The number of ketones is 1. The fourth-order valence-electron chi connectivity index (χ4n) is 5.50. The number of halogens is 1. The van der Waals surface area contributed by atoms with Gasteiger partial charge < -0.3 is 19.3 Å². The zero-order valence-electron chi connectivity index (χ0n) is 24.0. The molecule has 2 aliphatic heterocycles. The molecule has 222 valence electrons. The van der Waals surface area contributed by atoms with E-state index in [9.17, 15) is 18.8 Å². The molecule has 1 fully saturated rings. The molecule has 0 N–H and O–H groups in total. The minimum Gasteiger partial charge on any atom is -0.491 e. The Kier molecular flexibility index (Phi) is 7.79. The maximum Gasteiger partial charge on any atom is 0.419 e. The maximum absolute atomic E-state index is 14.0. The number of aromatic nitrogens is 3. The van der Waals surface area contributed by atoms with Crippen molar-refractivity contribution in [3.63, 3.8) is 0 Å². The van der Waals surface area contributed by atoms with Gasteiger partial charge in [-0.25, -0.2) is 28.5 Å². The first kappa shape index (κ1) is 28.3. The summed E-state index contributed by atoms with van der Waals surface area (Å²) in [5.41, 5.74) is 3.95. The fraction of sp³-hybridized carbons (Fsp3) is 0.344. The Balaban J connectivity index is 1.26. The van der Waals surface area contributed by atoms with Gasteiger partial charge in [0.15, 0.2) is 5.65 Å². The van der Waals surface area contributed by atoms with E-state index in [0.29, 0.717) is 42.2 Å². The number of ether oxygens (including phenoxy) is 2. The van der Waals surface area contributed by atoms with E-state index in [1.807, 2.05) is 38.1 Å². The van der Waals surface area contributed by atoms with E-state index in [1.165, 1.54) is 23.0 Å². The Bertz CT molecular complexity index is 1700. The molecule has 11 heteroatoms. The highest BCUT2D eigenvalue weighted by atomic mass is 19.1. The van der Waals surface area contributed by atoms with Gasteiger partial charge >= 0.3 is 12.1 Å². The molecule has 2 amide bonds. The van der Waals surface area contributed by atoms with Gasteiger partial charge in [0.05, 0.1) is 31.3 Å². The summed E-state index contributed by atoms with van der Waals surface area (Å²) >= 11 is 0. The first-order chi connectivity index (χ1) is 20.8. The number of urea groups is 1. The molecule has 4 heterocycles. The van der Waals surface area contributed by atoms with Crippen LogP contribution in [-0.4, -0.2) is 68.5 Å². The molecular formula is C32H32FN5O5. The summed E-state index contributed by atoms with van der Waals surface area (Å²) in [6.45, 7) is 5.44. The van der Waals surface area contributed by atoms with Gasteiger partial charge in [0.1, 0.15) is 30.3 Å². The second-order valence-electron chi connectivity index (χ2n) is 11.3. The summed E-state index contributed by atoms with van der Waals surface area (Å²) in [4.78, 5) is 50.9. The van der Waals surface area contributed by atoms with E-state index >= 15 is 0 Å². The fourth-order valence-corrected chi connectivity index (χ4v) is 5.50. The second-order valence-corrected chi connectivity index (χ2v) is 11.3. The lowest BCUT2D eigenvalue weighted by Gasteiger charge is -2.38. The zero-order valence-corrected chi connectivity index (χ0v) is 24.0. The summed E-state index contributed by atoms with van der Waals surface area (Å²) in [5, 5.41) is 0. The van der Waals surface area contributed by atoms with Crippen molar-refractivity contribution >= 4 is 29.1 Å². The van der Waals surface area contributed by atoms with Crippen LogP contribution in [0.4, 0.5) is 14.0 Å². The third-order valence-electron chi connectivity index (χ3n) is 7.69. The lowest BCUT2D eigenvalue weighted by atomic mass is 9.94. The zero-order chi connectivity index (χ0) is 30.1. The normalized spacial score (nSPS) is 17.0. The Labute approximate surface area is 248 Å². The number of amides is 2. The van der Waals surface area contributed by atoms with Crippen molar-refractivity contribution < 1.29 is 28.2 Å². The molecule has 43 heavy (non-hydrogen) atoms. The number of hydrogen-bond acceptors (Lipinski definition) is 7. The number of rotatable bonds is 4. The highest BCUT2D eigenvalue weighted by molar-refractivity contribution is 5.87. The topological polar surface area (TPSA) is 107 Å². The molecule has 1 saturated heterocycles. The lowest BCUT2D eigenvalue weighted by Crippen LogP contribution is -2.48. The quantitative estimate of drug-likeness (QED) is 0.307. The van der Waals surface area contributed by atoms with Crippen LogP contribution >= 0.6 is 0 Å². The SMILES string of the molecule is CC(C)COC(=O)n1cnc2ncc(-c3ccc4c(c3)CN(C(=O)N3CCC(=O)CC3c3cccc(F)c3)CCO4)cc21. The van der Waals surface area contributed by atoms with Crippen LogP contribution in [0.25, 0.3) is 22.3 Å². The molecule has 0 bridgehead atoms. The molecule has 10 nitrogen and oxygen atoms in total. The summed E-state index contributed by atoms with van der Waals surface area (Å²) in [6, 6.07) is 12.9. The van der Waals surface area contributed by atoms with Gasteiger partial charge in [0, 0.05) is 36.7 Å². The smallest absolute Gasteiger partial charge is 0.419 e. The number of likely N-dealkylation sites (tertiary alicyclic amines) is 1. The van der Waals surface area contributed by atoms with Crippen molar-refractivity contribution in [2.75, 3.05) is 26.3 Å². The van der Waals surface area contributed by atoms with E-state index < -0.39 is 18.0 Å². The monoisotopic (exact) mass is 585 g/mol. The number of imidazole rings is 1. The Morgan fingerprint density at radius 3 is 2.77 bits per heavy atom. The first-order valence-corrected chi connectivity index (χ1v) is 14.4. The molecule has 0 spiro atoms. The first-order valence-electron chi connectivity index (χ1n) is 14.4. The Morgan fingerprint density at radius 2 is 1.95 bits per heavy atom. The highest BCUT2D eigenvalue weighted by Gasteiger charge is 2.35. The minimum atomic E-state index is -0.533. The third kappa shape index (κ3) is 5.93. The Hall–Kier alpha value is -4.80. The molecule has 1 unspecified atom stereocenters. The number of hydrogen-bond donors (Lipinski definition) is 0. The van der Waals surface area contributed by atoms with Crippen LogP contribution in [0, 0.1) is 11.7 Å². The van der Waals surface area contributed by atoms with E-state index in [0.717, 1.165) is 16.7 Å². The molecule has 2 aromatic carbocycles. The van der Waals surface area contributed by atoms with Gasteiger partial charge in [-0.1, -0.05) is 32.0 Å². The summed E-state index contributed by atoms with van der Waals surface area (Å²) in [5.74, 6) is 0.513. The van der Waals surface area contributed by atoms with Crippen LogP contribution < -0.4 is 4.74 Å². The molecule has 2 aromatic heterocycles. The number of Topliss-reactive ketones (excluding diaryl/α,β-unsaturated/α-hetero) is 1. The minimum absolute atomic E-state index is 0.0487. The van der Waals surface area contributed by atoms with Crippen LogP contribution in [0.3, 0.4) is 0 Å². The van der Waals surface area contributed by atoms with E-state index in [4.69, 9.17) is 9.47 Å². The number of pyridine rings is 1. The summed E-state index contributed by atoms with van der Waals surface area (Å²) < 4.78 is 26.8. The van der Waals surface area contributed by atoms with E-state index in [2.05, 4.69) is 9.97 Å². The van der Waals surface area contributed by atoms with Crippen LogP contribution in [0.1, 0.15) is 43.9 Å². The lowest BCUT2D eigenvalue weighted by molar-refractivity contribution is -0.122. The van der Waals surface area contributed by atoms with Crippen molar-refractivity contribution in [2.45, 2.75) is 39.3 Å². The molecule has 0 saturated carbocycles. The van der Waals surface area contributed by atoms with E-state index in [-0.39, 0.29) is 43.7 Å². The van der Waals surface area contributed by atoms with Gasteiger partial charge in [-0.05, 0) is 47.4 Å². The van der Waals surface area contributed by atoms with Crippen molar-refractivity contribution in [1.82, 2.24) is 24.3 Å². The summed E-state index contributed by atoms with van der Waals surface area (Å²) in [7, 11) is 0. The number of benzene rings is 2. The molecule has 6 rings (SSSR count). The molecule has 1 atom stereocenters. The molecule has 0 radical (unpaired) electrons. The molecular weight excluding hydrogens is 553 g/mol. The van der Waals surface area contributed by atoms with Gasteiger partial charge in [-0.2, -0.15) is 0 Å². The molecule has 0 aliphatic carbocycles. The van der Waals surface area contributed by atoms with Crippen LogP contribution in [-0.2, 0) is 16.1 Å². The third-order valence-corrected chi connectivity index (χ3v) is 7.69. The van der Waals surface area contributed by atoms with Crippen molar-refractivity contribution in [2.24, 2.45) is 5.92 Å². The van der Waals surface area contributed by atoms with Crippen molar-refractivity contribution in [3.05, 3.63) is 78.0 Å². The van der Waals surface area contributed by atoms with Gasteiger partial charge in [0.2, 0.25) is 0 Å². The molecule has 4 aromatic rings. The number of piperidine rings is 1. The predicted octanol–water partition coefficient (Wildman–Crippen LogP) is 5.60. The van der Waals surface area contributed by atoms with Gasteiger partial charge in [-0.3, -0.25) is 4.79 Å².